The number of thioether (sulfide) groups is 1. The van der Waals surface area contributed by atoms with Crippen LogP contribution in [0.1, 0.15) is 20.3 Å². The molecule has 3 amide bonds. The number of rotatable bonds is 13. The van der Waals surface area contributed by atoms with Gasteiger partial charge in [0.05, 0.1) is 18.2 Å². The third-order valence-electron chi connectivity index (χ3n) is 3.89. The van der Waals surface area contributed by atoms with Gasteiger partial charge in [-0.3, -0.25) is 14.4 Å². The van der Waals surface area contributed by atoms with Crippen molar-refractivity contribution in [2.24, 2.45) is 5.73 Å². The first-order valence-electron chi connectivity index (χ1n) is 8.81. The van der Waals surface area contributed by atoms with E-state index in [1.54, 1.807) is 0 Å². The fraction of sp³-hybridized carbons (Fsp3) is 0.750. The first-order valence-corrected chi connectivity index (χ1v) is 10.8. The van der Waals surface area contributed by atoms with E-state index < -0.39 is 60.1 Å². The van der Waals surface area contributed by atoms with Gasteiger partial charge in [-0.05, 0) is 32.3 Å². The number of nitrogens with one attached hydrogen (secondary N) is 3. The fourth-order valence-corrected chi connectivity index (χ4v) is 2.89. The number of amides is 3. The number of aliphatic hydroxyl groups is 2. The van der Waals surface area contributed by atoms with Crippen molar-refractivity contribution in [3.05, 3.63) is 0 Å². The lowest BCUT2D eigenvalue weighted by Gasteiger charge is -2.26. The molecular weight excluding hydrogens is 424 g/mol. The highest BCUT2D eigenvalue weighted by molar-refractivity contribution is 7.98. The number of carbonyl (C=O) groups is 4. The van der Waals surface area contributed by atoms with E-state index in [0.717, 1.165) is 0 Å². The number of hydrogen-bond acceptors (Lipinski definition) is 9. The van der Waals surface area contributed by atoms with Crippen molar-refractivity contribution in [2.75, 3.05) is 17.8 Å². The van der Waals surface area contributed by atoms with Crippen LogP contribution in [-0.4, -0.2) is 93.1 Å². The van der Waals surface area contributed by atoms with E-state index in [4.69, 9.17) is 10.8 Å². The van der Waals surface area contributed by atoms with Crippen LogP contribution in [0.5, 0.6) is 0 Å². The molecular formula is C16H30N4O7S2. The largest absolute Gasteiger partial charge is 0.480 e. The Labute approximate surface area is 179 Å². The number of carboxylic acids is 1. The molecule has 11 nitrogen and oxygen atoms in total. The molecule has 0 bridgehead atoms. The van der Waals surface area contributed by atoms with Gasteiger partial charge < -0.3 is 37.0 Å². The Bertz CT molecular complexity index is 577. The second-order valence-corrected chi connectivity index (χ2v) is 7.77. The number of aliphatic carboxylic acids is 1. The number of aliphatic hydroxyl groups excluding tert-OH is 2. The number of hydrogen-bond donors (Lipinski definition) is 8. The molecule has 6 atom stereocenters. The zero-order valence-corrected chi connectivity index (χ0v) is 18.2. The van der Waals surface area contributed by atoms with Crippen LogP contribution in [-0.2, 0) is 19.2 Å². The van der Waals surface area contributed by atoms with Crippen LogP contribution in [0.25, 0.3) is 0 Å². The Morgan fingerprint density at radius 2 is 1.48 bits per heavy atom. The lowest BCUT2D eigenvalue weighted by molar-refractivity contribution is -0.145. The standard InChI is InChI=1S/C16H30N4O7S2/c1-7(21)11(19-13(23)9(17)4-5-29-3)15(25)18-10(6-28)14(24)20-12(8(2)22)16(26)27/h7-12,21-22,28H,4-6,17H2,1-3H3,(H,18,25)(H,19,23)(H,20,24)(H,26,27). The molecule has 0 aromatic carbocycles. The Morgan fingerprint density at radius 3 is 1.90 bits per heavy atom. The van der Waals surface area contributed by atoms with Gasteiger partial charge >= 0.3 is 5.97 Å². The molecule has 13 heteroatoms. The van der Waals surface area contributed by atoms with Gasteiger partial charge in [0.2, 0.25) is 17.7 Å². The zero-order valence-electron chi connectivity index (χ0n) is 16.5. The van der Waals surface area contributed by atoms with Crippen LogP contribution in [0, 0.1) is 0 Å². The SMILES string of the molecule is CSCCC(N)C(=O)NC(C(=O)NC(CS)C(=O)NC(C(=O)O)C(C)O)C(C)O. The molecule has 0 radical (unpaired) electrons. The van der Waals surface area contributed by atoms with Crippen molar-refractivity contribution >= 4 is 48.1 Å². The van der Waals surface area contributed by atoms with Gasteiger partial charge in [0.15, 0.2) is 6.04 Å². The summed E-state index contributed by atoms with van der Waals surface area (Å²) in [6.07, 6.45) is -0.440. The third kappa shape index (κ3) is 9.67. The molecule has 0 aliphatic heterocycles. The van der Waals surface area contributed by atoms with Gasteiger partial charge in [-0.15, -0.1) is 0 Å². The molecule has 0 aliphatic rings. The van der Waals surface area contributed by atoms with E-state index in [1.165, 1.54) is 25.6 Å². The maximum Gasteiger partial charge on any atom is 0.328 e. The smallest absolute Gasteiger partial charge is 0.328 e. The first-order chi connectivity index (χ1) is 13.5. The Kier molecular flexibility index (Phi) is 12.9. The average molecular weight is 455 g/mol. The topological polar surface area (TPSA) is 191 Å². The van der Waals surface area contributed by atoms with Crippen molar-refractivity contribution in [1.29, 1.82) is 0 Å². The Morgan fingerprint density at radius 1 is 0.966 bits per heavy atom. The molecule has 0 rings (SSSR count). The van der Waals surface area contributed by atoms with Crippen LogP contribution in [0.2, 0.25) is 0 Å². The number of thiol groups is 1. The summed E-state index contributed by atoms with van der Waals surface area (Å²) in [4.78, 5) is 47.9. The Balaban J connectivity index is 5.10. The predicted molar refractivity (Wildman–Crippen MR) is 112 cm³/mol. The molecule has 0 spiro atoms. The minimum Gasteiger partial charge on any atom is -0.480 e. The van der Waals surface area contributed by atoms with Gasteiger partial charge in [0.1, 0.15) is 12.1 Å². The summed E-state index contributed by atoms with van der Waals surface area (Å²) < 4.78 is 0. The van der Waals surface area contributed by atoms with E-state index in [2.05, 4.69) is 28.6 Å². The molecule has 29 heavy (non-hydrogen) atoms. The van der Waals surface area contributed by atoms with E-state index in [1.807, 2.05) is 6.26 Å². The van der Waals surface area contributed by atoms with E-state index in [9.17, 15) is 29.4 Å². The van der Waals surface area contributed by atoms with Crippen LogP contribution < -0.4 is 21.7 Å². The maximum absolute atomic E-state index is 12.5. The summed E-state index contributed by atoms with van der Waals surface area (Å²) in [7, 11) is 0. The lowest BCUT2D eigenvalue weighted by Crippen LogP contribution is -2.60. The van der Waals surface area contributed by atoms with Crippen molar-refractivity contribution in [1.82, 2.24) is 16.0 Å². The molecule has 0 saturated heterocycles. The van der Waals surface area contributed by atoms with Crippen LogP contribution in [0.4, 0.5) is 0 Å². The summed E-state index contributed by atoms with van der Waals surface area (Å²) in [5.74, 6) is -3.41. The van der Waals surface area contributed by atoms with Gasteiger partial charge in [-0.2, -0.15) is 24.4 Å². The predicted octanol–water partition coefficient (Wildman–Crippen LogP) is -2.70. The normalized spacial score (nSPS) is 17.2. The highest BCUT2D eigenvalue weighted by Gasteiger charge is 2.32. The second-order valence-electron chi connectivity index (χ2n) is 6.42. The lowest BCUT2D eigenvalue weighted by atomic mass is 10.1. The van der Waals surface area contributed by atoms with Gasteiger partial charge in [0, 0.05) is 5.75 Å². The van der Waals surface area contributed by atoms with Crippen LogP contribution >= 0.6 is 24.4 Å². The molecule has 168 valence electrons. The molecule has 6 unspecified atom stereocenters. The average Bonchev–Trinajstić information content (AvgIpc) is 2.64. The maximum atomic E-state index is 12.5. The molecule has 0 aliphatic carbocycles. The molecule has 0 fully saturated rings. The van der Waals surface area contributed by atoms with Crippen molar-refractivity contribution in [3.8, 4) is 0 Å². The molecule has 0 heterocycles. The fourth-order valence-electron chi connectivity index (χ4n) is 2.14. The summed E-state index contributed by atoms with van der Waals surface area (Å²) in [6, 6.07) is -5.11. The number of carbonyl (C=O) groups excluding carboxylic acids is 3. The molecule has 0 saturated carbocycles. The summed E-state index contributed by atoms with van der Waals surface area (Å²) in [6.45, 7) is 2.47. The van der Waals surface area contributed by atoms with E-state index in [0.29, 0.717) is 12.2 Å². The number of carboxylic acid groups (broad SMARTS) is 1. The first kappa shape index (κ1) is 27.5. The molecule has 8 N–H and O–H groups in total. The van der Waals surface area contributed by atoms with Gasteiger partial charge in [-0.25, -0.2) is 4.79 Å². The highest BCUT2D eigenvalue weighted by atomic mass is 32.2. The van der Waals surface area contributed by atoms with Gasteiger partial charge in [0.25, 0.3) is 0 Å². The zero-order chi connectivity index (χ0) is 22.7. The Hall–Kier alpha value is -1.54. The summed E-state index contributed by atoms with van der Waals surface area (Å²) in [5, 5.41) is 35.1. The van der Waals surface area contributed by atoms with Crippen LogP contribution in [0.15, 0.2) is 0 Å². The quantitative estimate of drug-likeness (QED) is 0.137. The minimum absolute atomic E-state index is 0.197. The highest BCUT2D eigenvalue weighted by Crippen LogP contribution is 2.02. The van der Waals surface area contributed by atoms with Crippen molar-refractivity contribution in [3.63, 3.8) is 0 Å². The monoisotopic (exact) mass is 454 g/mol. The van der Waals surface area contributed by atoms with Crippen LogP contribution in [0.3, 0.4) is 0 Å². The summed E-state index contributed by atoms with van der Waals surface area (Å²) in [5.41, 5.74) is 5.74. The summed E-state index contributed by atoms with van der Waals surface area (Å²) >= 11 is 5.46. The molecule has 0 aromatic heterocycles. The van der Waals surface area contributed by atoms with Crippen molar-refractivity contribution in [2.45, 2.75) is 56.6 Å². The van der Waals surface area contributed by atoms with E-state index >= 15 is 0 Å². The number of nitrogens with two attached hydrogens (primary N) is 1. The molecule has 0 aromatic rings. The van der Waals surface area contributed by atoms with E-state index in [-0.39, 0.29) is 5.75 Å². The third-order valence-corrected chi connectivity index (χ3v) is 4.90. The minimum atomic E-state index is -1.58. The van der Waals surface area contributed by atoms with Gasteiger partial charge in [-0.1, -0.05) is 0 Å². The van der Waals surface area contributed by atoms with Crippen molar-refractivity contribution < 1.29 is 34.5 Å². The second kappa shape index (κ2) is 13.6.